The molecule has 2 aliphatic heterocycles. The lowest BCUT2D eigenvalue weighted by molar-refractivity contribution is -0.141. The fraction of sp³-hybridized carbons (Fsp3) is 0.606. The number of aryl methyl sites for hydroxylation is 2. The van der Waals surface area contributed by atoms with Gasteiger partial charge in [0.1, 0.15) is 23.4 Å². The number of halogens is 2. The first-order valence-electron chi connectivity index (χ1n) is 17.2. The summed E-state index contributed by atoms with van der Waals surface area (Å²) in [5, 5.41) is 20.6. The first-order chi connectivity index (χ1) is 24.6. The zero-order valence-corrected chi connectivity index (χ0v) is 30.8. The summed E-state index contributed by atoms with van der Waals surface area (Å²) in [5.41, 5.74) is -0.348. The molecule has 3 amide bonds. The number of carbonyl (C=O) groups excluding carboxylic acids is 3. The van der Waals surface area contributed by atoms with Crippen molar-refractivity contribution in [2.45, 2.75) is 101 Å². The molecule has 4 heterocycles. The molecule has 4 aliphatic rings. The molecule has 1 saturated heterocycles. The van der Waals surface area contributed by atoms with Crippen LogP contribution >= 0.6 is 11.3 Å². The van der Waals surface area contributed by atoms with Gasteiger partial charge in [0.25, 0.3) is 5.91 Å². The predicted molar refractivity (Wildman–Crippen MR) is 185 cm³/mol. The third kappa shape index (κ3) is 6.95. The van der Waals surface area contributed by atoms with Gasteiger partial charge in [-0.2, -0.15) is 4.80 Å². The van der Waals surface area contributed by atoms with Crippen molar-refractivity contribution in [3.05, 3.63) is 34.8 Å². The fourth-order valence-corrected chi connectivity index (χ4v) is 9.14. The Morgan fingerprint density at radius 2 is 1.96 bits per heavy atom. The molecule has 3 aromatic rings. The molecule has 2 aliphatic carbocycles. The number of ether oxygens (including phenoxy) is 1. The number of hydrogen-bond acceptors (Lipinski definition) is 12. The van der Waals surface area contributed by atoms with Gasteiger partial charge in [0.15, 0.2) is 5.13 Å². The van der Waals surface area contributed by atoms with Crippen LogP contribution < -0.4 is 20.1 Å². The van der Waals surface area contributed by atoms with Crippen molar-refractivity contribution in [2.75, 3.05) is 19.0 Å². The second-order valence-electron chi connectivity index (χ2n) is 15.1. The molecular formula is C33H41F2N9O6S2. The summed E-state index contributed by atoms with van der Waals surface area (Å²) in [5.74, 6) is -3.10. The monoisotopic (exact) mass is 761 g/mol. The van der Waals surface area contributed by atoms with Crippen molar-refractivity contribution in [3.8, 4) is 17.1 Å². The van der Waals surface area contributed by atoms with E-state index in [0.717, 1.165) is 23.4 Å². The highest BCUT2D eigenvalue weighted by molar-refractivity contribution is 7.91. The molecule has 8 bridgehead atoms. The lowest BCUT2D eigenvalue weighted by Crippen LogP contribution is -2.59. The van der Waals surface area contributed by atoms with Gasteiger partial charge >= 0.3 is 0 Å². The Morgan fingerprint density at radius 3 is 2.63 bits per heavy atom. The standard InChI is InChI=1S/C33H41F2N9O6S2/c1-32(2,3)25-29(46)43-15-20(13-23(43)28(45)38-33(14-22(33)26(34)35)30(47)41-52(48,49)21-9-10-21)44-40-27(39-42-44)18-8-11-24(50-4)17(12-18)6-5-7-19-16-51-31(36-19)37-25/h8,11-12,16,20-23,25-26H,5-7,9-10,13-15H2,1-4H3,(H,36,37)(H,38,45)(H,41,47)/t20-,22+,23+,25-,33-/m1/s1. The van der Waals surface area contributed by atoms with Crippen molar-refractivity contribution >= 4 is 44.2 Å². The molecule has 2 saturated carbocycles. The van der Waals surface area contributed by atoms with Crippen LogP contribution in [0.4, 0.5) is 13.9 Å². The number of sulfonamides is 1. The van der Waals surface area contributed by atoms with E-state index in [0.29, 0.717) is 42.2 Å². The number of fused-ring (bicyclic) bond motifs is 10. The van der Waals surface area contributed by atoms with E-state index in [4.69, 9.17) is 9.72 Å². The van der Waals surface area contributed by atoms with Gasteiger partial charge in [-0.15, -0.1) is 21.5 Å². The van der Waals surface area contributed by atoms with E-state index in [1.165, 1.54) is 21.0 Å². The topological polar surface area (TPSA) is 190 Å². The molecule has 280 valence electrons. The van der Waals surface area contributed by atoms with Crippen LogP contribution in [0, 0.1) is 11.3 Å². The second kappa shape index (κ2) is 13.3. The first kappa shape index (κ1) is 36.1. The summed E-state index contributed by atoms with van der Waals surface area (Å²) in [4.78, 5) is 49.5. The van der Waals surface area contributed by atoms with Crippen LogP contribution in [0.3, 0.4) is 0 Å². The van der Waals surface area contributed by atoms with Crippen LogP contribution in [-0.4, -0.2) is 99.2 Å². The molecular weight excluding hydrogens is 721 g/mol. The van der Waals surface area contributed by atoms with E-state index in [2.05, 4.69) is 26.0 Å². The number of tetrazole rings is 1. The fourth-order valence-electron chi connectivity index (χ4n) is 7.01. The summed E-state index contributed by atoms with van der Waals surface area (Å²) in [6, 6.07) is 2.81. The minimum atomic E-state index is -4.09. The molecule has 3 fully saturated rings. The Balaban J connectivity index is 1.24. The maximum atomic E-state index is 14.6. The van der Waals surface area contributed by atoms with Crippen molar-refractivity contribution in [1.82, 2.24) is 40.1 Å². The molecule has 19 heteroatoms. The molecule has 3 N–H and O–H groups in total. The minimum absolute atomic E-state index is 0.0308. The number of hydrogen-bond donors (Lipinski definition) is 3. The van der Waals surface area contributed by atoms with Gasteiger partial charge in [0.2, 0.25) is 34.1 Å². The molecule has 0 radical (unpaired) electrons. The molecule has 2 aromatic heterocycles. The molecule has 7 rings (SSSR count). The number of alkyl halides is 2. The zero-order valence-electron chi connectivity index (χ0n) is 29.1. The molecule has 1 aromatic carbocycles. The number of carbonyl (C=O) groups is 3. The lowest BCUT2D eigenvalue weighted by Gasteiger charge is -2.35. The average Bonchev–Trinajstić information content (AvgIpc) is 3.89. The highest BCUT2D eigenvalue weighted by atomic mass is 32.2. The number of aromatic nitrogens is 5. The number of rotatable bonds is 7. The number of nitrogens with one attached hydrogen (secondary N) is 3. The minimum Gasteiger partial charge on any atom is -0.496 e. The number of benzene rings is 1. The van der Waals surface area contributed by atoms with Crippen molar-refractivity contribution in [1.29, 1.82) is 0 Å². The average molecular weight is 762 g/mol. The van der Waals surface area contributed by atoms with Gasteiger partial charge < -0.3 is 20.3 Å². The van der Waals surface area contributed by atoms with Gasteiger partial charge in [0.05, 0.1) is 30.0 Å². The third-order valence-corrected chi connectivity index (χ3v) is 12.9. The summed E-state index contributed by atoms with van der Waals surface area (Å²) in [6.45, 7) is 5.57. The maximum Gasteiger partial charge on any atom is 0.259 e. The Kier molecular flexibility index (Phi) is 9.24. The number of methoxy groups -OCH3 is 1. The Labute approximate surface area is 303 Å². The van der Waals surface area contributed by atoms with E-state index in [9.17, 15) is 31.6 Å². The molecule has 0 unspecified atom stereocenters. The van der Waals surface area contributed by atoms with Gasteiger partial charge in [-0.25, -0.2) is 22.2 Å². The Hall–Kier alpha value is -4.26. The number of amides is 3. The molecule has 15 nitrogen and oxygen atoms in total. The van der Waals surface area contributed by atoms with Crippen LogP contribution in [0.2, 0.25) is 0 Å². The van der Waals surface area contributed by atoms with Crippen LogP contribution in [0.15, 0.2) is 23.6 Å². The molecule has 52 heavy (non-hydrogen) atoms. The van der Waals surface area contributed by atoms with Crippen molar-refractivity contribution < 1.29 is 36.3 Å². The highest BCUT2D eigenvalue weighted by Crippen LogP contribution is 2.48. The van der Waals surface area contributed by atoms with E-state index < -0.39 is 80.8 Å². The first-order valence-corrected chi connectivity index (χ1v) is 19.7. The largest absolute Gasteiger partial charge is 0.496 e. The lowest BCUT2D eigenvalue weighted by atomic mass is 9.85. The summed E-state index contributed by atoms with van der Waals surface area (Å²) < 4.78 is 60.9. The molecule has 0 spiro atoms. The van der Waals surface area contributed by atoms with E-state index in [-0.39, 0.29) is 13.0 Å². The second-order valence-corrected chi connectivity index (χ2v) is 17.9. The smallest absolute Gasteiger partial charge is 0.259 e. The Morgan fingerprint density at radius 1 is 1.19 bits per heavy atom. The normalized spacial score (nSPS) is 26.3. The van der Waals surface area contributed by atoms with Gasteiger partial charge in [0, 0.05) is 23.9 Å². The summed E-state index contributed by atoms with van der Waals surface area (Å²) >= 11 is 1.36. The zero-order chi connectivity index (χ0) is 37.2. The predicted octanol–water partition coefficient (Wildman–Crippen LogP) is 2.71. The molecule has 5 atom stereocenters. The van der Waals surface area contributed by atoms with Crippen LogP contribution in [-0.2, 0) is 37.2 Å². The van der Waals surface area contributed by atoms with Gasteiger partial charge in [-0.1, -0.05) is 20.8 Å². The van der Waals surface area contributed by atoms with Crippen molar-refractivity contribution in [2.24, 2.45) is 11.3 Å². The van der Waals surface area contributed by atoms with E-state index in [1.54, 1.807) is 7.11 Å². The quantitative estimate of drug-likeness (QED) is 0.321. The maximum absolute atomic E-state index is 14.6. The number of anilines is 1. The highest BCUT2D eigenvalue weighted by Gasteiger charge is 2.66. The van der Waals surface area contributed by atoms with Gasteiger partial charge in [-0.3, -0.25) is 19.1 Å². The summed E-state index contributed by atoms with van der Waals surface area (Å²) in [7, 11) is -2.48. The van der Waals surface area contributed by atoms with Crippen molar-refractivity contribution in [3.63, 3.8) is 0 Å². The summed E-state index contributed by atoms with van der Waals surface area (Å²) in [6.07, 6.45) is -0.653. The van der Waals surface area contributed by atoms with E-state index in [1.807, 2.05) is 49.1 Å². The van der Waals surface area contributed by atoms with Crippen LogP contribution in [0.25, 0.3) is 11.4 Å². The number of nitrogens with zero attached hydrogens (tertiary/aromatic N) is 6. The SMILES string of the molecule is COc1ccc2cc1CCCc1csc(n1)N[C@@H](C(C)(C)C)C(=O)N1C[C@@H](C[C@H]1C(=O)N[C@]1(C(=O)NS(=O)(=O)C3CC3)C[C@H]1C(F)F)n1nnc-2n1. The van der Waals surface area contributed by atoms with Crippen LogP contribution in [0.1, 0.15) is 70.2 Å². The third-order valence-electron chi connectivity index (χ3n) is 10.2. The van der Waals surface area contributed by atoms with Gasteiger partial charge in [-0.05, 0) is 72.9 Å². The number of thiazole rings is 1. The Bertz CT molecular complexity index is 2000. The van der Waals surface area contributed by atoms with E-state index >= 15 is 0 Å². The van der Waals surface area contributed by atoms with Crippen LogP contribution in [0.5, 0.6) is 5.75 Å².